The number of halogens is 1. The number of nitrogens with one attached hydrogen (secondary N) is 2. The minimum Gasteiger partial charge on any atom is -0.494 e. The van der Waals surface area contributed by atoms with Gasteiger partial charge in [0, 0.05) is 25.7 Å². The zero-order valence-corrected chi connectivity index (χ0v) is 17.1. The van der Waals surface area contributed by atoms with Crippen LogP contribution in [0.15, 0.2) is 29.3 Å². The molecule has 0 fully saturated rings. The average Bonchev–Trinajstić information content (AvgIpc) is 2.51. The molecule has 136 valence electrons. The molecule has 0 heterocycles. The second-order valence-electron chi connectivity index (χ2n) is 5.18. The van der Waals surface area contributed by atoms with Gasteiger partial charge in [-0.1, -0.05) is 18.2 Å². The minimum atomic E-state index is -0.218. The molecule has 0 atom stereocenters. The van der Waals surface area contributed by atoms with Gasteiger partial charge in [-0.2, -0.15) is 0 Å². The average molecular weight is 449 g/mol. The van der Waals surface area contributed by atoms with E-state index in [4.69, 9.17) is 9.47 Å². The third-order valence-electron chi connectivity index (χ3n) is 2.93. The van der Waals surface area contributed by atoms with Crippen LogP contribution in [0.2, 0.25) is 0 Å². The number of rotatable bonds is 8. The fourth-order valence-electron chi connectivity index (χ4n) is 1.95. The molecule has 0 saturated heterocycles. The highest BCUT2D eigenvalue weighted by atomic mass is 127. The molecule has 0 aliphatic rings. The van der Waals surface area contributed by atoms with Crippen LogP contribution in [0.3, 0.4) is 0 Å². The molecule has 0 aliphatic carbocycles. The second kappa shape index (κ2) is 12.9. The van der Waals surface area contributed by atoms with Gasteiger partial charge in [0.25, 0.3) is 0 Å². The zero-order chi connectivity index (χ0) is 17.1. The van der Waals surface area contributed by atoms with E-state index < -0.39 is 0 Å². The summed E-state index contributed by atoms with van der Waals surface area (Å²) in [5.74, 6) is 1.27. The summed E-state index contributed by atoms with van der Waals surface area (Å²) in [5.41, 5.74) is 1.05. The summed E-state index contributed by atoms with van der Waals surface area (Å²) in [7, 11) is 1.69. The Morgan fingerprint density at radius 1 is 1.25 bits per heavy atom. The topological polar surface area (TPSA) is 72.0 Å². The van der Waals surface area contributed by atoms with Gasteiger partial charge in [0.2, 0.25) is 0 Å². The van der Waals surface area contributed by atoms with Crippen LogP contribution < -0.4 is 15.4 Å². The summed E-state index contributed by atoms with van der Waals surface area (Å²) < 4.78 is 10.7. The Bertz CT molecular complexity index is 522. The van der Waals surface area contributed by atoms with Crippen LogP contribution in [0.4, 0.5) is 0 Å². The van der Waals surface area contributed by atoms with E-state index in [0.29, 0.717) is 32.1 Å². The number of benzene rings is 1. The molecule has 0 unspecified atom stereocenters. The van der Waals surface area contributed by atoms with Crippen LogP contribution in [0.1, 0.15) is 32.8 Å². The summed E-state index contributed by atoms with van der Waals surface area (Å²) in [5, 5.41) is 6.30. The van der Waals surface area contributed by atoms with Crippen LogP contribution >= 0.6 is 24.0 Å². The molecule has 1 aromatic carbocycles. The number of aliphatic imine (C=N–C) groups is 1. The van der Waals surface area contributed by atoms with Crippen molar-refractivity contribution in [3.05, 3.63) is 29.8 Å². The van der Waals surface area contributed by atoms with E-state index in [1.165, 1.54) is 0 Å². The number of carbonyl (C=O) groups is 1. The van der Waals surface area contributed by atoms with Crippen molar-refractivity contribution in [1.29, 1.82) is 0 Å². The van der Waals surface area contributed by atoms with Crippen molar-refractivity contribution in [2.75, 3.05) is 20.2 Å². The molecule has 0 saturated carbocycles. The van der Waals surface area contributed by atoms with E-state index in [2.05, 4.69) is 15.6 Å². The molecule has 0 aliphatic heterocycles. The van der Waals surface area contributed by atoms with Crippen LogP contribution in [-0.2, 0) is 16.1 Å². The molecule has 0 bridgehead atoms. The first-order valence-electron chi connectivity index (χ1n) is 7.91. The van der Waals surface area contributed by atoms with Gasteiger partial charge < -0.3 is 20.1 Å². The van der Waals surface area contributed by atoms with Crippen LogP contribution in [0.25, 0.3) is 0 Å². The Balaban J connectivity index is 0.00000529. The summed E-state index contributed by atoms with van der Waals surface area (Å²) >= 11 is 0. The quantitative estimate of drug-likeness (QED) is 0.277. The van der Waals surface area contributed by atoms with Crippen molar-refractivity contribution >= 4 is 35.9 Å². The van der Waals surface area contributed by atoms with Gasteiger partial charge in [-0.25, -0.2) is 0 Å². The number of nitrogens with zero attached hydrogens (tertiary/aromatic N) is 1. The minimum absolute atomic E-state index is 0. The first-order valence-corrected chi connectivity index (χ1v) is 7.91. The maximum absolute atomic E-state index is 11.5. The molecule has 0 spiro atoms. The number of esters is 1. The largest absolute Gasteiger partial charge is 0.494 e. The number of hydrogen-bond acceptors (Lipinski definition) is 4. The Hall–Kier alpha value is -1.51. The predicted octanol–water partition coefficient (Wildman–Crippen LogP) is 2.71. The second-order valence-corrected chi connectivity index (χ2v) is 5.18. The van der Waals surface area contributed by atoms with Crippen LogP contribution in [0.5, 0.6) is 5.75 Å². The summed E-state index contributed by atoms with van der Waals surface area (Å²) in [6, 6.07) is 7.86. The fraction of sp³-hybridized carbons (Fsp3) is 0.529. The molecule has 2 N–H and O–H groups in total. The Labute approximate surface area is 161 Å². The van der Waals surface area contributed by atoms with Crippen LogP contribution in [-0.4, -0.2) is 38.2 Å². The molecule has 0 aromatic heterocycles. The lowest BCUT2D eigenvalue weighted by molar-refractivity contribution is -0.147. The van der Waals surface area contributed by atoms with E-state index in [0.717, 1.165) is 11.3 Å². The molecule has 0 amide bonds. The Kier molecular flexibility index (Phi) is 12.0. The Morgan fingerprint density at radius 2 is 1.96 bits per heavy atom. The summed E-state index contributed by atoms with van der Waals surface area (Å²) in [6.45, 7) is 7.32. The first-order chi connectivity index (χ1) is 11.1. The maximum Gasteiger partial charge on any atom is 0.307 e. The highest BCUT2D eigenvalue weighted by Gasteiger charge is 2.07. The standard InChI is InChI=1S/C17H27N3O3.HI/c1-5-22-15-9-7-6-8-14(15)12-20-17(18-4)19-11-10-16(21)23-13(2)3;/h6-9,13H,5,10-12H2,1-4H3,(H2,18,19,20);1H. The van der Waals surface area contributed by atoms with Gasteiger partial charge in [0.15, 0.2) is 5.96 Å². The molecule has 1 aromatic rings. The van der Waals surface area contributed by atoms with E-state index in [1.54, 1.807) is 7.05 Å². The fourth-order valence-corrected chi connectivity index (χ4v) is 1.95. The van der Waals surface area contributed by atoms with Gasteiger partial charge in [-0.05, 0) is 26.8 Å². The molecular weight excluding hydrogens is 421 g/mol. The lowest BCUT2D eigenvalue weighted by Gasteiger charge is -2.14. The molecular formula is C17H28IN3O3. The first kappa shape index (κ1) is 22.5. The van der Waals surface area contributed by atoms with Gasteiger partial charge in [0.1, 0.15) is 5.75 Å². The SMILES string of the molecule is CCOc1ccccc1CNC(=NC)NCCC(=O)OC(C)C.I. The molecule has 0 radical (unpaired) electrons. The number of carbonyl (C=O) groups excluding carboxylic acids is 1. The van der Waals surface area contributed by atoms with E-state index in [1.807, 2.05) is 45.0 Å². The smallest absolute Gasteiger partial charge is 0.307 e. The summed E-state index contributed by atoms with van der Waals surface area (Å²) in [4.78, 5) is 15.6. The normalized spacial score (nSPS) is 10.8. The number of hydrogen-bond donors (Lipinski definition) is 2. The van der Waals surface area contributed by atoms with Crippen molar-refractivity contribution < 1.29 is 14.3 Å². The van der Waals surface area contributed by atoms with Gasteiger partial charge in [-0.15, -0.1) is 24.0 Å². The summed E-state index contributed by atoms with van der Waals surface area (Å²) in [6.07, 6.45) is 0.212. The highest BCUT2D eigenvalue weighted by Crippen LogP contribution is 2.17. The van der Waals surface area contributed by atoms with E-state index in [-0.39, 0.29) is 36.0 Å². The van der Waals surface area contributed by atoms with Gasteiger partial charge in [-0.3, -0.25) is 9.79 Å². The lowest BCUT2D eigenvalue weighted by atomic mass is 10.2. The van der Waals surface area contributed by atoms with Crippen LogP contribution in [0, 0.1) is 0 Å². The molecule has 6 nitrogen and oxygen atoms in total. The van der Waals surface area contributed by atoms with E-state index in [9.17, 15) is 4.79 Å². The number of para-hydroxylation sites is 1. The number of ether oxygens (including phenoxy) is 2. The maximum atomic E-state index is 11.5. The predicted molar refractivity (Wildman–Crippen MR) is 107 cm³/mol. The van der Waals surface area contributed by atoms with E-state index >= 15 is 0 Å². The monoisotopic (exact) mass is 449 g/mol. The zero-order valence-electron chi connectivity index (χ0n) is 14.8. The number of guanidine groups is 1. The third-order valence-corrected chi connectivity index (χ3v) is 2.93. The van der Waals surface area contributed by atoms with Crippen molar-refractivity contribution in [2.24, 2.45) is 4.99 Å². The van der Waals surface area contributed by atoms with Crippen molar-refractivity contribution in [2.45, 2.75) is 39.8 Å². The van der Waals surface area contributed by atoms with Crippen molar-refractivity contribution in [3.8, 4) is 5.75 Å². The molecule has 1 rings (SSSR count). The van der Waals surface area contributed by atoms with Gasteiger partial charge >= 0.3 is 5.97 Å². The highest BCUT2D eigenvalue weighted by molar-refractivity contribution is 14.0. The van der Waals surface area contributed by atoms with Crippen molar-refractivity contribution in [1.82, 2.24) is 10.6 Å². The molecule has 7 heteroatoms. The Morgan fingerprint density at radius 3 is 2.58 bits per heavy atom. The van der Waals surface area contributed by atoms with Gasteiger partial charge in [0.05, 0.1) is 19.1 Å². The third kappa shape index (κ3) is 8.95. The van der Waals surface area contributed by atoms with Crippen molar-refractivity contribution in [3.63, 3.8) is 0 Å². The molecule has 24 heavy (non-hydrogen) atoms. The lowest BCUT2D eigenvalue weighted by Crippen LogP contribution is -2.38.